The molecule has 3 nitrogen and oxygen atoms in total. The van der Waals surface area contributed by atoms with E-state index in [1.807, 2.05) is 6.92 Å². The summed E-state index contributed by atoms with van der Waals surface area (Å²) in [4.78, 5) is 6.96. The van der Waals surface area contributed by atoms with Gasteiger partial charge in [0.25, 0.3) is 6.01 Å². The second-order valence-electron chi connectivity index (χ2n) is 2.64. The number of H-pyrrole nitrogens is 1. The van der Waals surface area contributed by atoms with Gasteiger partial charge in [0.1, 0.15) is 5.82 Å². The van der Waals surface area contributed by atoms with Gasteiger partial charge in [0, 0.05) is 0 Å². The molecule has 0 bridgehead atoms. The molecule has 0 spiro atoms. The number of aromatic amines is 1. The van der Waals surface area contributed by atoms with Gasteiger partial charge in [-0.25, -0.2) is 4.39 Å². The Hall–Kier alpha value is -1.58. The monoisotopic (exact) mass is 180 g/mol. The van der Waals surface area contributed by atoms with Crippen LogP contribution in [0.4, 0.5) is 4.39 Å². The predicted octanol–water partition coefficient (Wildman–Crippen LogP) is 2.10. The molecular weight excluding hydrogens is 171 g/mol. The summed E-state index contributed by atoms with van der Waals surface area (Å²) in [5.41, 5.74) is 1.37. The molecule has 13 heavy (non-hydrogen) atoms. The van der Waals surface area contributed by atoms with Crippen molar-refractivity contribution in [3.63, 3.8) is 0 Å². The van der Waals surface area contributed by atoms with Crippen molar-refractivity contribution in [2.24, 2.45) is 0 Å². The van der Waals surface area contributed by atoms with Crippen LogP contribution in [0.5, 0.6) is 6.01 Å². The Labute approximate surface area is 74.6 Å². The van der Waals surface area contributed by atoms with Gasteiger partial charge in [-0.2, -0.15) is 4.98 Å². The Morgan fingerprint density at radius 1 is 1.54 bits per heavy atom. The highest BCUT2D eigenvalue weighted by Gasteiger charge is 2.02. The van der Waals surface area contributed by atoms with Crippen molar-refractivity contribution < 1.29 is 9.13 Å². The number of hydrogen-bond acceptors (Lipinski definition) is 2. The van der Waals surface area contributed by atoms with Crippen molar-refractivity contribution in [3.05, 3.63) is 24.0 Å². The minimum absolute atomic E-state index is 0.279. The number of benzene rings is 1. The first kappa shape index (κ1) is 8.04. The molecule has 2 rings (SSSR count). The van der Waals surface area contributed by atoms with Crippen LogP contribution in [0.15, 0.2) is 18.2 Å². The van der Waals surface area contributed by atoms with Gasteiger partial charge < -0.3 is 9.72 Å². The summed E-state index contributed by atoms with van der Waals surface area (Å²) in [6, 6.07) is 4.82. The molecule has 0 saturated heterocycles. The molecule has 0 atom stereocenters. The van der Waals surface area contributed by atoms with Crippen LogP contribution in [-0.4, -0.2) is 16.6 Å². The van der Waals surface area contributed by atoms with Crippen molar-refractivity contribution in [2.75, 3.05) is 6.61 Å². The maximum absolute atomic E-state index is 12.7. The van der Waals surface area contributed by atoms with Crippen LogP contribution in [0.1, 0.15) is 6.92 Å². The van der Waals surface area contributed by atoms with Crippen LogP contribution >= 0.6 is 0 Å². The zero-order chi connectivity index (χ0) is 9.26. The highest BCUT2D eigenvalue weighted by atomic mass is 19.1. The lowest BCUT2D eigenvalue weighted by Crippen LogP contribution is -1.92. The average Bonchev–Trinajstić information content (AvgIpc) is 2.46. The summed E-state index contributed by atoms with van der Waals surface area (Å²) in [5, 5.41) is 0. The summed E-state index contributed by atoms with van der Waals surface area (Å²) in [5.74, 6) is -0.279. The highest BCUT2D eigenvalue weighted by molar-refractivity contribution is 5.75. The number of imidazole rings is 1. The Bertz CT molecular complexity index is 424. The van der Waals surface area contributed by atoms with E-state index < -0.39 is 0 Å². The van der Waals surface area contributed by atoms with Crippen LogP contribution in [0.25, 0.3) is 11.0 Å². The molecule has 4 heteroatoms. The number of rotatable bonds is 2. The lowest BCUT2D eigenvalue weighted by atomic mass is 10.3. The first-order valence-corrected chi connectivity index (χ1v) is 4.07. The first-order valence-electron chi connectivity index (χ1n) is 4.07. The molecular formula is C9H9FN2O. The van der Waals surface area contributed by atoms with Crippen LogP contribution in [0.2, 0.25) is 0 Å². The van der Waals surface area contributed by atoms with Gasteiger partial charge in [-0.3, -0.25) is 0 Å². The summed E-state index contributed by atoms with van der Waals surface area (Å²) in [6.07, 6.45) is 0. The Kier molecular flexibility index (Phi) is 1.88. The number of fused-ring (bicyclic) bond motifs is 1. The molecule has 0 aliphatic heterocycles. The minimum atomic E-state index is -0.279. The average molecular weight is 180 g/mol. The molecule has 0 aliphatic rings. The second-order valence-corrected chi connectivity index (χ2v) is 2.64. The summed E-state index contributed by atoms with van der Waals surface area (Å²) >= 11 is 0. The first-order chi connectivity index (χ1) is 6.29. The molecule has 0 amide bonds. The smallest absolute Gasteiger partial charge is 0.294 e. The van der Waals surface area contributed by atoms with Crippen LogP contribution in [0, 0.1) is 5.82 Å². The summed E-state index contributed by atoms with van der Waals surface area (Å²) < 4.78 is 17.9. The number of halogens is 1. The molecule has 1 N–H and O–H groups in total. The van der Waals surface area contributed by atoms with Crippen molar-refractivity contribution in [3.8, 4) is 6.01 Å². The number of aromatic nitrogens is 2. The SMILES string of the molecule is CCOc1nc2ccc(F)cc2[nH]1. The highest BCUT2D eigenvalue weighted by Crippen LogP contribution is 2.16. The van der Waals surface area contributed by atoms with Crippen LogP contribution in [0.3, 0.4) is 0 Å². The Morgan fingerprint density at radius 3 is 3.15 bits per heavy atom. The van der Waals surface area contributed by atoms with E-state index in [1.165, 1.54) is 12.1 Å². The van der Waals surface area contributed by atoms with Crippen LogP contribution in [-0.2, 0) is 0 Å². The minimum Gasteiger partial charge on any atom is -0.465 e. The largest absolute Gasteiger partial charge is 0.465 e. The lowest BCUT2D eigenvalue weighted by molar-refractivity contribution is 0.317. The van der Waals surface area contributed by atoms with Crippen molar-refractivity contribution in [1.29, 1.82) is 0 Å². The van der Waals surface area contributed by atoms with Gasteiger partial charge >= 0.3 is 0 Å². The number of nitrogens with one attached hydrogen (secondary N) is 1. The standard InChI is InChI=1S/C9H9FN2O/c1-2-13-9-11-7-4-3-6(10)5-8(7)12-9/h3-5H,2H2,1H3,(H,11,12). The molecule has 0 unspecified atom stereocenters. The van der Waals surface area contributed by atoms with Crippen molar-refractivity contribution in [2.45, 2.75) is 6.92 Å². The fraction of sp³-hybridized carbons (Fsp3) is 0.222. The number of ether oxygens (including phenoxy) is 1. The maximum Gasteiger partial charge on any atom is 0.294 e. The molecule has 1 aromatic carbocycles. The lowest BCUT2D eigenvalue weighted by Gasteiger charge is -1.93. The zero-order valence-corrected chi connectivity index (χ0v) is 7.17. The molecule has 68 valence electrons. The number of hydrogen-bond donors (Lipinski definition) is 1. The van der Waals surface area contributed by atoms with Gasteiger partial charge in [0.05, 0.1) is 17.6 Å². The van der Waals surface area contributed by atoms with Gasteiger partial charge in [-0.15, -0.1) is 0 Å². The molecule has 1 heterocycles. The van der Waals surface area contributed by atoms with Crippen molar-refractivity contribution >= 4 is 11.0 Å². The van der Waals surface area contributed by atoms with Gasteiger partial charge in [0.2, 0.25) is 0 Å². The molecule has 2 aromatic rings. The Balaban J connectivity index is 2.49. The zero-order valence-electron chi connectivity index (χ0n) is 7.17. The van der Waals surface area contributed by atoms with Crippen LogP contribution < -0.4 is 4.74 Å². The van der Waals surface area contributed by atoms with E-state index >= 15 is 0 Å². The van der Waals surface area contributed by atoms with E-state index in [1.54, 1.807) is 6.07 Å². The second kappa shape index (κ2) is 3.05. The van der Waals surface area contributed by atoms with Crippen molar-refractivity contribution in [1.82, 2.24) is 9.97 Å². The summed E-state index contributed by atoms with van der Waals surface area (Å²) in [7, 11) is 0. The van der Waals surface area contributed by atoms with Gasteiger partial charge in [-0.05, 0) is 25.1 Å². The Morgan fingerprint density at radius 2 is 2.38 bits per heavy atom. The quantitative estimate of drug-likeness (QED) is 0.768. The van der Waals surface area contributed by atoms with E-state index in [0.29, 0.717) is 23.7 Å². The number of nitrogens with zero attached hydrogens (tertiary/aromatic N) is 1. The maximum atomic E-state index is 12.7. The van der Waals surface area contributed by atoms with E-state index in [4.69, 9.17) is 4.74 Å². The fourth-order valence-electron chi connectivity index (χ4n) is 1.16. The van der Waals surface area contributed by atoms with E-state index in [9.17, 15) is 4.39 Å². The van der Waals surface area contributed by atoms with E-state index in [2.05, 4.69) is 9.97 Å². The fourth-order valence-corrected chi connectivity index (χ4v) is 1.16. The van der Waals surface area contributed by atoms with E-state index in [-0.39, 0.29) is 5.82 Å². The third-order valence-corrected chi connectivity index (χ3v) is 1.70. The topological polar surface area (TPSA) is 37.9 Å². The molecule has 1 aromatic heterocycles. The van der Waals surface area contributed by atoms with Gasteiger partial charge in [0.15, 0.2) is 0 Å². The third kappa shape index (κ3) is 1.47. The van der Waals surface area contributed by atoms with E-state index in [0.717, 1.165) is 0 Å². The normalized spacial score (nSPS) is 10.6. The molecule has 0 aliphatic carbocycles. The molecule has 0 radical (unpaired) electrons. The van der Waals surface area contributed by atoms with Gasteiger partial charge in [-0.1, -0.05) is 0 Å². The predicted molar refractivity (Wildman–Crippen MR) is 47.2 cm³/mol. The molecule has 0 saturated carbocycles. The summed E-state index contributed by atoms with van der Waals surface area (Å²) in [6.45, 7) is 2.41. The molecule has 0 fully saturated rings. The third-order valence-electron chi connectivity index (χ3n) is 1.70.